The number of piperidine rings is 1. The molecule has 5 heteroatoms. The van der Waals surface area contributed by atoms with Gasteiger partial charge in [0.15, 0.2) is 0 Å². The van der Waals surface area contributed by atoms with E-state index in [1.165, 1.54) is 4.88 Å². The summed E-state index contributed by atoms with van der Waals surface area (Å²) in [5, 5.41) is 7.54. The third-order valence-corrected chi connectivity index (χ3v) is 4.84. The van der Waals surface area contributed by atoms with Gasteiger partial charge in [0.1, 0.15) is 0 Å². The molecule has 0 bridgehead atoms. The number of hydrogen-bond donors (Lipinski definition) is 2. The third kappa shape index (κ3) is 4.01. The van der Waals surface area contributed by atoms with Crippen LogP contribution in [-0.4, -0.2) is 30.0 Å². The molecule has 0 aliphatic carbocycles. The van der Waals surface area contributed by atoms with E-state index in [-0.39, 0.29) is 11.8 Å². The first-order valence-electron chi connectivity index (χ1n) is 7.00. The molecule has 1 amide bonds. The van der Waals surface area contributed by atoms with E-state index < -0.39 is 0 Å². The minimum absolute atomic E-state index is 0.177. The van der Waals surface area contributed by atoms with Crippen LogP contribution in [0, 0.1) is 19.8 Å². The second-order valence-electron chi connectivity index (χ2n) is 5.37. The van der Waals surface area contributed by atoms with Crippen molar-refractivity contribution in [3.05, 3.63) is 15.6 Å². The van der Waals surface area contributed by atoms with E-state index in [1.54, 1.807) is 11.3 Å². The summed E-state index contributed by atoms with van der Waals surface area (Å²) >= 11 is 1.73. The zero-order valence-corrected chi connectivity index (χ0v) is 12.8. The van der Waals surface area contributed by atoms with Gasteiger partial charge in [-0.3, -0.25) is 4.79 Å². The van der Waals surface area contributed by atoms with Crippen LogP contribution in [0.5, 0.6) is 0 Å². The Morgan fingerprint density at radius 2 is 2.32 bits per heavy atom. The van der Waals surface area contributed by atoms with E-state index in [0.717, 1.165) is 36.5 Å². The van der Waals surface area contributed by atoms with Gasteiger partial charge in [0.05, 0.1) is 10.7 Å². The average Bonchev–Trinajstić information content (AvgIpc) is 2.68. The molecule has 0 radical (unpaired) electrons. The maximum Gasteiger partial charge on any atom is 0.223 e. The lowest BCUT2D eigenvalue weighted by Gasteiger charge is -2.27. The van der Waals surface area contributed by atoms with Gasteiger partial charge in [-0.05, 0) is 40.2 Å². The molecule has 1 aliphatic heterocycles. The minimum Gasteiger partial charge on any atom is -0.355 e. The van der Waals surface area contributed by atoms with Crippen molar-refractivity contribution in [3.63, 3.8) is 0 Å². The van der Waals surface area contributed by atoms with Crippen LogP contribution >= 0.6 is 11.3 Å². The van der Waals surface area contributed by atoms with Crippen molar-refractivity contribution in [2.24, 2.45) is 5.92 Å². The molecule has 0 saturated carbocycles. The van der Waals surface area contributed by atoms with Crippen LogP contribution in [0.3, 0.4) is 0 Å². The smallest absolute Gasteiger partial charge is 0.223 e. The molecule has 2 atom stereocenters. The Kier molecular flexibility index (Phi) is 4.93. The van der Waals surface area contributed by atoms with E-state index in [1.807, 2.05) is 6.92 Å². The fourth-order valence-electron chi connectivity index (χ4n) is 2.45. The van der Waals surface area contributed by atoms with E-state index in [4.69, 9.17) is 0 Å². The molecule has 106 valence electrons. The lowest BCUT2D eigenvalue weighted by Crippen LogP contribution is -2.42. The number of aryl methyl sites for hydroxylation is 2. The zero-order chi connectivity index (χ0) is 13.8. The molecule has 0 unspecified atom stereocenters. The van der Waals surface area contributed by atoms with E-state index in [0.29, 0.717) is 12.6 Å². The molecule has 1 saturated heterocycles. The normalized spacial score (nSPS) is 23.3. The highest BCUT2D eigenvalue weighted by Crippen LogP contribution is 2.17. The van der Waals surface area contributed by atoms with Gasteiger partial charge in [-0.25, -0.2) is 4.98 Å². The summed E-state index contributed by atoms with van der Waals surface area (Å²) in [5.41, 5.74) is 1.11. The highest BCUT2D eigenvalue weighted by Gasteiger charge is 2.24. The Labute approximate surface area is 119 Å². The molecular weight excluding hydrogens is 258 g/mol. The number of nitrogens with one attached hydrogen (secondary N) is 2. The van der Waals surface area contributed by atoms with Crippen molar-refractivity contribution in [2.45, 2.75) is 46.1 Å². The van der Waals surface area contributed by atoms with Crippen LogP contribution < -0.4 is 10.6 Å². The predicted octanol–water partition coefficient (Wildman–Crippen LogP) is 1.81. The monoisotopic (exact) mass is 281 g/mol. The lowest BCUT2D eigenvalue weighted by molar-refractivity contribution is -0.126. The molecule has 1 aromatic rings. The van der Waals surface area contributed by atoms with Crippen LogP contribution in [0.1, 0.15) is 35.3 Å². The molecule has 0 aromatic carbocycles. The molecule has 0 spiro atoms. The molecule has 1 fully saturated rings. The summed E-state index contributed by atoms with van der Waals surface area (Å²) in [4.78, 5) is 17.8. The van der Waals surface area contributed by atoms with Crippen LogP contribution in [0.25, 0.3) is 0 Å². The van der Waals surface area contributed by atoms with Gasteiger partial charge in [-0.1, -0.05) is 0 Å². The molecule has 2 N–H and O–H groups in total. The zero-order valence-electron chi connectivity index (χ0n) is 12.0. The molecule has 1 aromatic heterocycles. The van der Waals surface area contributed by atoms with Gasteiger partial charge in [0.2, 0.25) is 5.91 Å². The highest BCUT2D eigenvalue weighted by atomic mass is 32.1. The predicted molar refractivity (Wildman–Crippen MR) is 78.5 cm³/mol. The summed E-state index contributed by atoms with van der Waals surface area (Å²) < 4.78 is 0. The maximum atomic E-state index is 12.1. The van der Waals surface area contributed by atoms with Gasteiger partial charge < -0.3 is 10.6 Å². The van der Waals surface area contributed by atoms with E-state index in [2.05, 4.69) is 29.5 Å². The van der Waals surface area contributed by atoms with Gasteiger partial charge >= 0.3 is 0 Å². The molecule has 2 rings (SSSR count). The topological polar surface area (TPSA) is 54.0 Å². The second kappa shape index (κ2) is 6.48. The van der Waals surface area contributed by atoms with Crippen molar-refractivity contribution >= 4 is 17.2 Å². The first kappa shape index (κ1) is 14.5. The highest BCUT2D eigenvalue weighted by molar-refractivity contribution is 7.11. The second-order valence-corrected chi connectivity index (χ2v) is 6.65. The lowest BCUT2D eigenvalue weighted by atomic mass is 9.92. The van der Waals surface area contributed by atoms with Gasteiger partial charge in [-0.15, -0.1) is 11.3 Å². The Balaban J connectivity index is 1.74. The number of aromatic nitrogens is 1. The van der Waals surface area contributed by atoms with E-state index in [9.17, 15) is 4.79 Å². The summed E-state index contributed by atoms with van der Waals surface area (Å²) in [6, 6.07) is 0.453. The van der Waals surface area contributed by atoms with Gasteiger partial charge in [-0.2, -0.15) is 0 Å². The Morgan fingerprint density at radius 1 is 1.53 bits per heavy atom. The Bertz CT molecular complexity index is 424. The summed E-state index contributed by atoms with van der Waals surface area (Å²) in [6.45, 7) is 7.91. The first-order valence-corrected chi connectivity index (χ1v) is 7.82. The molecule has 19 heavy (non-hydrogen) atoms. The summed E-state index contributed by atoms with van der Waals surface area (Å²) in [5.74, 6) is 0.384. The van der Waals surface area contributed by atoms with Crippen molar-refractivity contribution in [1.29, 1.82) is 0 Å². The minimum atomic E-state index is 0.177. The number of hydrogen-bond acceptors (Lipinski definition) is 4. The van der Waals surface area contributed by atoms with Crippen LogP contribution in [0.15, 0.2) is 0 Å². The number of carbonyl (C=O) groups excluding carboxylic acids is 1. The fourth-order valence-corrected chi connectivity index (χ4v) is 3.39. The fraction of sp³-hybridized carbons (Fsp3) is 0.714. The maximum absolute atomic E-state index is 12.1. The van der Waals surface area contributed by atoms with Crippen LogP contribution in [0.4, 0.5) is 0 Å². The first-order chi connectivity index (χ1) is 9.06. The largest absolute Gasteiger partial charge is 0.355 e. The molecule has 1 aliphatic rings. The average molecular weight is 281 g/mol. The Morgan fingerprint density at radius 3 is 2.95 bits per heavy atom. The van der Waals surface area contributed by atoms with Crippen molar-refractivity contribution in [1.82, 2.24) is 15.6 Å². The van der Waals surface area contributed by atoms with Crippen LogP contribution in [-0.2, 0) is 11.2 Å². The third-order valence-electron chi connectivity index (χ3n) is 3.71. The van der Waals surface area contributed by atoms with Crippen molar-refractivity contribution in [2.75, 3.05) is 13.1 Å². The SMILES string of the molecule is Cc1nc(CCNC(=O)[C@H]2CCN[C@@H](C)C2)sc1C. The number of amides is 1. The van der Waals surface area contributed by atoms with Gasteiger partial charge in [0, 0.05) is 29.8 Å². The Hall–Kier alpha value is -0.940. The summed E-state index contributed by atoms with van der Waals surface area (Å²) in [6.07, 6.45) is 2.73. The summed E-state index contributed by atoms with van der Waals surface area (Å²) in [7, 11) is 0. The molecule has 2 heterocycles. The quantitative estimate of drug-likeness (QED) is 0.885. The van der Waals surface area contributed by atoms with Crippen LogP contribution in [0.2, 0.25) is 0 Å². The number of rotatable bonds is 4. The van der Waals surface area contributed by atoms with E-state index >= 15 is 0 Å². The van der Waals surface area contributed by atoms with Gasteiger partial charge in [0.25, 0.3) is 0 Å². The van der Waals surface area contributed by atoms with Crippen molar-refractivity contribution in [3.8, 4) is 0 Å². The number of thiazole rings is 1. The number of nitrogens with zero attached hydrogens (tertiary/aromatic N) is 1. The molecular formula is C14H23N3OS. The number of carbonyl (C=O) groups is 1. The standard InChI is InChI=1S/C14H23N3OS/c1-9-8-12(4-6-15-9)14(18)16-7-5-13-17-10(2)11(3)19-13/h9,12,15H,4-8H2,1-3H3,(H,16,18)/t9-,12-/m0/s1. The molecule has 4 nitrogen and oxygen atoms in total. The van der Waals surface area contributed by atoms with Crippen molar-refractivity contribution < 1.29 is 4.79 Å².